The van der Waals surface area contributed by atoms with Crippen LogP contribution in [0.2, 0.25) is 0 Å². The van der Waals surface area contributed by atoms with Crippen LogP contribution in [0.3, 0.4) is 0 Å². The summed E-state index contributed by atoms with van der Waals surface area (Å²) >= 11 is 1.82. The van der Waals surface area contributed by atoms with E-state index in [2.05, 4.69) is 47.5 Å². The highest BCUT2D eigenvalue weighted by molar-refractivity contribution is 7.11. The molecule has 0 radical (unpaired) electrons. The van der Waals surface area contributed by atoms with Crippen molar-refractivity contribution in [1.82, 2.24) is 20.1 Å². The molecule has 0 saturated carbocycles. The number of carbonyl (C=O) groups is 1. The topological polar surface area (TPSA) is 48.5 Å². The fraction of sp³-hybridized carbons (Fsp3) is 0.583. The molecule has 0 bridgehead atoms. The summed E-state index contributed by atoms with van der Waals surface area (Å²) in [5.41, 5.74) is 2.64. The summed E-state index contributed by atoms with van der Waals surface area (Å²) in [6.07, 6.45) is 5.75. The molecule has 1 aromatic carbocycles. The number of nitrogens with one attached hydrogen (secondary N) is 1. The minimum absolute atomic E-state index is 0.0526. The van der Waals surface area contributed by atoms with Gasteiger partial charge >= 0.3 is 6.03 Å². The smallest absolute Gasteiger partial charge is 0.317 e. The number of hydrogen-bond donors (Lipinski definition) is 1. The summed E-state index contributed by atoms with van der Waals surface area (Å²) in [4.78, 5) is 23.2. The van der Waals surface area contributed by atoms with Gasteiger partial charge in [-0.1, -0.05) is 30.3 Å². The second-order valence-corrected chi connectivity index (χ2v) is 10.2. The first-order valence-corrected chi connectivity index (χ1v) is 12.1. The molecule has 4 rings (SSSR count). The Labute approximate surface area is 184 Å². The van der Waals surface area contributed by atoms with E-state index >= 15 is 0 Å². The van der Waals surface area contributed by atoms with Gasteiger partial charge in [-0.2, -0.15) is 0 Å². The third-order valence-electron chi connectivity index (χ3n) is 6.49. The zero-order chi connectivity index (χ0) is 20.9. The molecule has 162 valence electrons. The summed E-state index contributed by atoms with van der Waals surface area (Å²) in [5.74, 6) is 0.940. The van der Waals surface area contributed by atoms with Crippen LogP contribution in [0.4, 0.5) is 4.79 Å². The van der Waals surface area contributed by atoms with Crippen molar-refractivity contribution in [1.29, 1.82) is 0 Å². The Morgan fingerprint density at radius 3 is 2.97 bits per heavy atom. The predicted molar refractivity (Wildman–Crippen MR) is 123 cm³/mol. The van der Waals surface area contributed by atoms with Crippen LogP contribution in [0, 0.1) is 12.8 Å². The number of urea groups is 1. The Bertz CT molecular complexity index is 837. The maximum absolute atomic E-state index is 12.7. The van der Waals surface area contributed by atoms with E-state index in [0.29, 0.717) is 11.8 Å². The van der Waals surface area contributed by atoms with Crippen molar-refractivity contribution in [3.05, 3.63) is 51.5 Å². The summed E-state index contributed by atoms with van der Waals surface area (Å²) in [7, 11) is 1.92. The molecule has 2 unspecified atom stereocenters. The third-order valence-corrected chi connectivity index (χ3v) is 7.54. The van der Waals surface area contributed by atoms with Crippen LogP contribution in [0.15, 0.2) is 30.3 Å². The standard InChI is InChI=1S/C24H34N4OS/c1-18-26-23-21(9-6-10-22(23)30-18)17-27(2)24(29)25-15-20-12-14-28(16-20)13-11-19-7-4-3-5-8-19/h3-5,7-8,20-21H,6,9-17H2,1-2H3,(H,25,29). The van der Waals surface area contributed by atoms with Crippen LogP contribution < -0.4 is 5.32 Å². The van der Waals surface area contributed by atoms with Gasteiger partial charge in [-0.15, -0.1) is 11.3 Å². The van der Waals surface area contributed by atoms with Gasteiger partial charge in [0.05, 0.1) is 10.7 Å². The molecule has 2 atom stereocenters. The Balaban J connectivity index is 1.19. The van der Waals surface area contributed by atoms with Crippen LogP contribution in [-0.2, 0) is 12.8 Å². The van der Waals surface area contributed by atoms with Crippen LogP contribution in [0.25, 0.3) is 0 Å². The number of aryl methyl sites for hydroxylation is 2. The van der Waals surface area contributed by atoms with Gasteiger partial charge in [0.1, 0.15) is 0 Å². The molecule has 1 aliphatic carbocycles. The monoisotopic (exact) mass is 426 g/mol. The summed E-state index contributed by atoms with van der Waals surface area (Å²) < 4.78 is 0. The van der Waals surface area contributed by atoms with Gasteiger partial charge in [-0.25, -0.2) is 9.78 Å². The van der Waals surface area contributed by atoms with Crippen LogP contribution in [0.1, 0.15) is 46.3 Å². The second-order valence-electron chi connectivity index (χ2n) is 8.89. The molecule has 1 saturated heterocycles. The lowest BCUT2D eigenvalue weighted by Crippen LogP contribution is -2.42. The van der Waals surface area contributed by atoms with Crippen molar-refractivity contribution in [2.75, 3.05) is 39.8 Å². The van der Waals surface area contributed by atoms with Crippen molar-refractivity contribution < 1.29 is 4.79 Å². The molecule has 5 nitrogen and oxygen atoms in total. The van der Waals surface area contributed by atoms with Gasteiger partial charge in [0.25, 0.3) is 0 Å². The Morgan fingerprint density at radius 2 is 2.13 bits per heavy atom. The Morgan fingerprint density at radius 1 is 1.30 bits per heavy atom. The number of likely N-dealkylation sites (tertiary alicyclic amines) is 1. The number of carbonyl (C=O) groups excluding carboxylic acids is 1. The quantitative estimate of drug-likeness (QED) is 0.726. The number of hydrogen-bond acceptors (Lipinski definition) is 4. The third kappa shape index (κ3) is 5.41. The van der Waals surface area contributed by atoms with Crippen LogP contribution >= 0.6 is 11.3 Å². The molecule has 1 N–H and O–H groups in total. The van der Waals surface area contributed by atoms with E-state index in [9.17, 15) is 4.79 Å². The molecule has 30 heavy (non-hydrogen) atoms. The molecule has 2 amide bonds. The average molecular weight is 427 g/mol. The highest BCUT2D eigenvalue weighted by Gasteiger charge is 2.27. The van der Waals surface area contributed by atoms with Crippen molar-refractivity contribution in [2.45, 2.75) is 44.9 Å². The van der Waals surface area contributed by atoms with Gasteiger partial charge in [-0.3, -0.25) is 0 Å². The number of aromatic nitrogens is 1. The first-order valence-electron chi connectivity index (χ1n) is 11.3. The zero-order valence-corrected chi connectivity index (χ0v) is 19.1. The molecule has 6 heteroatoms. The number of fused-ring (bicyclic) bond motifs is 1. The average Bonchev–Trinajstić information content (AvgIpc) is 3.37. The summed E-state index contributed by atoms with van der Waals surface area (Å²) in [5, 5.41) is 4.33. The van der Waals surface area contributed by atoms with Gasteiger partial charge in [-0.05, 0) is 57.1 Å². The molecule has 2 aromatic rings. The van der Waals surface area contributed by atoms with E-state index in [0.717, 1.165) is 57.0 Å². The maximum Gasteiger partial charge on any atom is 0.317 e. The van der Waals surface area contributed by atoms with E-state index < -0.39 is 0 Å². The molecule has 2 aliphatic rings. The number of nitrogens with zero attached hydrogens (tertiary/aromatic N) is 3. The normalized spacial score (nSPS) is 21.4. The van der Waals surface area contributed by atoms with E-state index in [1.165, 1.54) is 29.0 Å². The SMILES string of the molecule is Cc1nc2c(s1)CCCC2CN(C)C(=O)NCC1CCN(CCc2ccccc2)C1. The van der Waals surface area contributed by atoms with Crippen molar-refractivity contribution in [2.24, 2.45) is 5.92 Å². The number of likely N-dealkylation sites (N-methyl/N-ethyl adjacent to an activating group) is 1. The van der Waals surface area contributed by atoms with Crippen LogP contribution in [-0.4, -0.2) is 60.6 Å². The summed E-state index contributed by atoms with van der Waals surface area (Å²) in [6.45, 7) is 6.94. The fourth-order valence-corrected chi connectivity index (χ4v) is 5.87. The molecule has 1 aromatic heterocycles. The number of amides is 2. The van der Waals surface area contributed by atoms with Crippen molar-refractivity contribution >= 4 is 17.4 Å². The minimum atomic E-state index is 0.0526. The highest BCUT2D eigenvalue weighted by atomic mass is 32.1. The van der Waals surface area contributed by atoms with Gasteiger partial charge in [0.15, 0.2) is 0 Å². The number of thiazole rings is 1. The number of benzene rings is 1. The first-order chi connectivity index (χ1) is 14.6. The minimum Gasteiger partial charge on any atom is -0.338 e. The largest absolute Gasteiger partial charge is 0.338 e. The Hall–Kier alpha value is -1.92. The zero-order valence-electron chi connectivity index (χ0n) is 18.3. The van der Waals surface area contributed by atoms with Gasteiger partial charge in [0.2, 0.25) is 0 Å². The van der Waals surface area contributed by atoms with E-state index in [-0.39, 0.29) is 6.03 Å². The highest BCUT2D eigenvalue weighted by Crippen LogP contribution is 2.34. The lowest BCUT2D eigenvalue weighted by Gasteiger charge is -2.27. The van der Waals surface area contributed by atoms with E-state index in [1.54, 1.807) is 0 Å². The maximum atomic E-state index is 12.7. The van der Waals surface area contributed by atoms with Gasteiger partial charge in [0, 0.05) is 44.0 Å². The molecule has 1 fully saturated rings. The molecular weight excluding hydrogens is 392 g/mol. The fourth-order valence-electron chi connectivity index (χ4n) is 4.80. The molecule has 0 spiro atoms. The van der Waals surface area contributed by atoms with E-state index in [4.69, 9.17) is 4.98 Å². The van der Waals surface area contributed by atoms with Crippen molar-refractivity contribution in [3.8, 4) is 0 Å². The lowest BCUT2D eigenvalue weighted by atomic mass is 9.90. The lowest BCUT2D eigenvalue weighted by molar-refractivity contribution is 0.202. The Kier molecular flexibility index (Phi) is 7.05. The molecule has 1 aliphatic heterocycles. The summed E-state index contributed by atoms with van der Waals surface area (Å²) in [6, 6.07) is 10.7. The number of rotatable bonds is 7. The molecule has 2 heterocycles. The molecular formula is C24H34N4OS. The van der Waals surface area contributed by atoms with E-state index in [1.807, 2.05) is 23.3 Å². The van der Waals surface area contributed by atoms with Gasteiger partial charge < -0.3 is 15.1 Å². The van der Waals surface area contributed by atoms with Crippen LogP contribution in [0.5, 0.6) is 0 Å². The second kappa shape index (κ2) is 9.92. The first kappa shape index (κ1) is 21.3. The predicted octanol–water partition coefficient (Wildman–Crippen LogP) is 4.08. The van der Waals surface area contributed by atoms with Crippen molar-refractivity contribution in [3.63, 3.8) is 0 Å².